The molecule has 0 saturated heterocycles. The first-order chi connectivity index (χ1) is 24.3. The number of benzene rings is 4. The van der Waals surface area contributed by atoms with Crippen LogP contribution < -0.4 is 25.5 Å². The van der Waals surface area contributed by atoms with Crippen LogP contribution in [0.15, 0.2) is 119 Å². The Morgan fingerprint density at radius 3 is 2.28 bits per heavy atom. The molecule has 2 amide bonds. The molecule has 2 N–H and O–H groups in total. The predicted molar refractivity (Wildman–Crippen MR) is 193 cm³/mol. The summed E-state index contributed by atoms with van der Waals surface area (Å²) in [7, 11) is 2.91. The van der Waals surface area contributed by atoms with E-state index in [0.29, 0.717) is 22.6 Å². The zero-order valence-corrected chi connectivity index (χ0v) is 28.0. The van der Waals surface area contributed by atoms with Crippen LogP contribution in [0, 0.1) is 0 Å². The van der Waals surface area contributed by atoms with Crippen LogP contribution in [0.5, 0.6) is 11.5 Å². The Kier molecular flexibility index (Phi) is 10.3. The number of methoxy groups -OCH3 is 2. The number of hydrogen-bond donors (Lipinski definition) is 2. The van der Waals surface area contributed by atoms with Crippen molar-refractivity contribution in [3.63, 3.8) is 0 Å². The molecule has 0 aliphatic heterocycles. The molecule has 4 aromatic carbocycles. The number of aromatic nitrogens is 2. The van der Waals surface area contributed by atoms with Gasteiger partial charge in [-0.05, 0) is 66.6 Å². The summed E-state index contributed by atoms with van der Waals surface area (Å²) in [6.45, 7) is 4.78. The highest BCUT2D eigenvalue weighted by molar-refractivity contribution is 6.12. The number of likely N-dealkylation sites (N-methyl/N-ethyl adjacent to an activating group) is 1. The third-order valence-electron chi connectivity index (χ3n) is 8.40. The molecular weight excluding hydrogens is 634 g/mol. The van der Waals surface area contributed by atoms with E-state index in [1.807, 2.05) is 35.0 Å². The zero-order chi connectivity index (χ0) is 35.0. The van der Waals surface area contributed by atoms with Crippen molar-refractivity contribution in [2.24, 2.45) is 0 Å². The minimum atomic E-state index is -0.703. The minimum absolute atomic E-state index is 0.125. The maximum absolute atomic E-state index is 13.6. The molecule has 6 rings (SSSR count). The Morgan fingerprint density at radius 1 is 0.860 bits per heavy atom. The van der Waals surface area contributed by atoms with Gasteiger partial charge in [-0.1, -0.05) is 43.3 Å². The lowest BCUT2D eigenvalue weighted by Gasteiger charge is -2.21. The fourth-order valence-corrected chi connectivity index (χ4v) is 5.60. The molecule has 0 aliphatic rings. The van der Waals surface area contributed by atoms with Gasteiger partial charge >= 0.3 is 0 Å². The molecule has 11 heteroatoms. The SMILES string of the molecule is CCN(CCc1ccc(NC(=O)c2cc(OC)c(OC)cc2NC(=O)c2cc(=O)c3ccccc3o2)cc1)Cc1ccc(-n2ccnc2)cc1. The second-order valence-electron chi connectivity index (χ2n) is 11.6. The Labute approximate surface area is 289 Å². The largest absolute Gasteiger partial charge is 0.493 e. The second kappa shape index (κ2) is 15.3. The van der Waals surface area contributed by atoms with Crippen molar-refractivity contribution in [1.29, 1.82) is 0 Å². The number of ether oxygens (including phenoxy) is 2. The van der Waals surface area contributed by atoms with E-state index in [1.165, 1.54) is 31.9 Å². The van der Waals surface area contributed by atoms with Gasteiger partial charge in [0.05, 0.1) is 37.2 Å². The zero-order valence-electron chi connectivity index (χ0n) is 28.0. The molecule has 0 aliphatic carbocycles. The number of carbonyl (C=O) groups is 2. The quantitative estimate of drug-likeness (QED) is 0.141. The number of fused-ring (bicyclic) bond motifs is 1. The molecule has 2 heterocycles. The number of carbonyl (C=O) groups excluding carboxylic acids is 2. The number of rotatable bonds is 13. The van der Waals surface area contributed by atoms with E-state index in [2.05, 4.69) is 51.7 Å². The third kappa shape index (κ3) is 7.74. The average molecular weight is 672 g/mol. The number of imidazole rings is 1. The normalized spacial score (nSPS) is 11.0. The van der Waals surface area contributed by atoms with Crippen LogP contribution in [-0.4, -0.2) is 53.6 Å². The number of hydrogen-bond acceptors (Lipinski definition) is 8. The molecule has 0 fully saturated rings. The van der Waals surface area contributed by atoms with Crippen molar-refractivity contribution in [2.75, 3.05) is 37.9 Å². The summed E-state index contributed by atoms with van der Waals surface area (Å²) in [4.78, 5) is 46.0. The van der Waals surface area contributed by atoms with Crippen LogP contribution in [0.1, 0.15) is 39.0 Å². The summed E-state index contributed by atoms with van der Waals surface area (Å²) in [6.07, 6.45) is 6.31. The van der Waals surface area contributed by atoms with Crippen LogP contribution >= 0.6 is 0 Å². The van der Waals surface area contributed by atoms with Crippen molar-refractivity contribution < 1.29 is 23.5 Å². The van der Waals surface area contributed by atoms with Gasteiger partial charge in [0.2, 0.25) is 0 Å². The first kappa shape index (κ1) is 33.7. The average Bonchev–Trinajstić information content (AvgIpc) is 3.69. The van der Waals surface area contributed by atoms with E-state index in [0.717, 1.165) is 43.4 Å². The van der Waals surface area contributed by atoms with E-state index >= 15 is 0 Å². The second-order valence-corrected chi connectivity index (χ2v) is 11.6. The monoisotopic (exact) mass is 671 g/mol. The number of anilines is 2. The minimum Gasteiger partial charge on any atom is -0.493 e. The first-order valence-corrected chi connectivity index (χ1v) is 16.2. The topological polar surface area (TPSA) is 128 Å². The van der Waals surface area contributed by atoms with Crippen LogP contribution in [0.25, 0.3) is 16.7 Å². The van der Waals surface area contributed by atoms with E-state index in [9.17, 15) is 14.4 Å². The molecule has 6 aromatic rings. The summed E-state index contributed by atoms with van der Waals surface area (Å²) in [5.74, 6) is -0.777. The first-order valence-electron chi connectivity index (χ1n) is 16.2. The molecule has 0 saturated carbocycles. The maximum Gasteiger partial charge on any atom is 0.291 e. The van der Waals surface area contributed by atoms with Gasteiger partial charge in [-0.3, -0.25) is 19.3 Å². The number of para-hydroxylation sites is 1. The van der Waals surface area contributed by atoms with E-state index in [4.69, 9.17) is 13.9 Å². The lowest BCUT2D eigenvalue weighted by atomic mass is 10.1. The lowest BCUT2D eigenvalue weighted by molar-refractivity contribution is 0.0997. The maximum atomic E-state index is 13.6. The van der Waals surface area contributed by atoms with Crippen LogP contribution in [0.3, 0.4) is 0 Å². The molecule has 0 bridgehead atoms. The fourth-order valence-electron chi connectivity index (χ4n) is 5.60. The summed E-state index contributed by atoms with van der Waals surface area (Å²) < 4.78 is 18.5. The fraction of sp³-hybridized carbons (Fsp3) is 0.179. The molecule has 0 spiro atoms. The molecule has 0 atom stereocenters. The highest BCUT2D eigenvalue weighted by Gasteiger charge is 2.21. The summed E-state index contributed by atoms with van der Waals surface area (Å²) in [5.41, 5.74) is 4.21. The Morgan fingerprint density at radius 2 is 1.58 bits per heavy atom. The number of nitrogens with zero attached hydrogens (tertiary/aromatic N) is 3. The Balaban J connectivity index is 1.12. The molecule has 2 aromatic heterocycles. The van der Waals surface area contributed by atoms with Crippen molar-refractivity contribution >= 4 is 34.2 Å². The number of nitrogens with one attached hydrogen (secondary N) is 2. The van der Waals surface area contributed by atoms with Gasteiger partial charge in [-0.15, -0.1) is 0 Å². The van der Waals surface area contributed by atoms with Gasteiger partial charge in [0, 0.05) is 49.0 Å². The highest BCUT2D eigenvalue weighted by Crippen LogP contribution is 2.34. The van der Waals surface area contributed by atoms with Gasteiger partial charge in [0.25, 0.3) is 11.8 Å². The molecule has 0 radical (unpaired) electrons. The van der Waals surface area contributed by atoms with Crippen LogP contribution in [0.2, 0.25) is 0 Å². The standard InChI is InChI=1S/C39H37N5O6/c1-4-43(24-27-11-15-29(16-12-27)44-20-18-40-25-44)19-17-26-9-13-28(14-10-26)41-38(46)31-21-35(48-2)36(49-3)22-32(31)42-39(47)37-23-33(45)30-7-5-6-8-34(30)50-37/h5-16,18,20-23,25H,4,17,19,24H2,1-3H3,(H,41,46)(H,42,47). The Bertz CT molecular complexity index is 2160. The van der Waals surface area contributed by atoms with Gasteiger partial charge in [0.1, 0.15) is 5.58 Å². The van der Waals surface area contributed by atoms with Gasteiger partial charge < -0.3 is 29.1 Å². The van der Waals surface area contributed by atoms with Crippen LogP contribution in [-0.2, 0) is 13.0 Å². The van der Waals surface area contributed by atoms with Crippen molar-refractivity contribution in [1.82, 2.24) is 14.5 Å². The number of amides is 2. The summed E-state index contributed by atoms with van der Waals surface area (Å²) in [5, 5.41) is 5.97. The highest BCUT2D eigenvalue weighted by atomic mass is 16.5. The molecule has 50 heavy (non-hydrogen) atoms. The van der Waals surface area contributed by atoms with Crippen molar-refractivity contribution in [2.45, 2.75) is 19.9 Å². The summed E-state index contributed by atoms with van der Waals surface area (Å²) >= 11 is 0. The van der Waals surface area contributed by atoms with E-state index < -0.39 is 11.8 Å². The van der Waals surface area contributed by atoms with Gasteiger partial charge in [0.15, 0.2) is 22.7 Å². The van der Waals surface area contributed by atoms with E-state index in [1.54, 1.807) is 36.8 Å². The summed E-state index contributed by atoms with van der Waals surface area (Å²) in [6, 6.07) is 26.9. The third-order valence-corrected chi connectivity index (χ3v) is 8.40. The molecular formula is C39H37N5O6. The predicted octanol–water partition coefficient (Wildman–Crippen LogP) is 6.57. The van der Waals surface area contributed by atoms with Crippen molar-refractivity contribution in [3.05, 3.63) is 142 Å². The van der Waals surface area contributed by atoms with Gasteiger partial charge in [-0.2, -0.15) is 0 Å². The smallest absolute Gasteiger partial charge is 0.291 e. The van der Waals surface area contributed by atoms with Gasteiger partial charge in [-0.25, -0.2) is 4.98 Å². The molecule has 254 valence electrons. The van der Waals surface area contributed by atoms with Crippen LogP contribution in [0.4, 0.5) is 11.4 Å². The van der Waals surface area contributed by atoms with Crippen molar-refractivity contribution in [3.8, 4) is 17.2 Å². The Hall–Kier alpha value is -6.20. The molecule has 0 unspecified atom stereocenters. The lowest BCUT2D eigenvalue weighted by Crippen LogP contribution is -2.25. The van der Waals surface area contributed by atoms with E-state index in [-0.39, 0.29) is 28.0 Å². The molecule has 11 nitrogen and oxygen atoms in total.